The summed E-state index contributed by atoms with van der Waals surface area (Å²) in [7, 11) is 3.22. The Balaban J connectivity index is 0.918. The Labute approximate surface area is 324 Å². The van der Waals surface area contributed by atoms with Crippen LogP contribution in [0.1, 0.15) is 43.2 Å². The molecule has 0 aliphatic carbocycles. The third-order valence-electron chi connectivity index (χ3n) is 8.88. The molecule has 0 unspecified atom stereocenters. The number of thiocarbonyl (C=S) groups is 2. The first-order valence-corrected chi connectivity index (χ1v) is 19.7. The van der Waals surface area contributed by atoms with Crippen molar-refractivity contribution in [3.05, 3.63) is 69.5 Å². The lowest BCUT2D eigenvalue weighted by Gasteiger charge is -2.34. The molecule has 3 heterocycles. The van der Waals surface area contributed by atoms with Crippen molar-refractivity contribution < 1.29 is 28.7 Å². The van der Waals surface area contributed by atoms with Gasteiger partial charge in [0, 0.05) is 65.2 Å². The van der Waals surface area contributed by atoms with Gasteiger partial charge in [-0.25, -0.2) is 0 Å². The summed E-state index contributed by atoms with van der Waals surface area (Å²) < 4.78 is 11.4. The highest BCUT2D eigenvalue weighted by Crippen LogP contribution is 2.34. The molecule has 2 aromatic carbocycles. The second kappa shape index (κ2) is 19.4. The minimum Gasteiger partial charge on any atom is -0.497 e. The molecule has 3 aliphatic rings. The Hall–Kier alpha value is -3.76. The first-order valence-electron chi connectivity index (χ1n) is 17.2. The van der Waals surface area contributed by atoms with Crippen LogP contribution in [0.15, 0.2) is 58.3 Å². The first kappa shape index (κ1) is 39.4. The van der Waals surface area contributed by atoms with Crippen molar-refractivity contribution in [1.29, 1.82) is 0 Å². The summed E-state index contributed by atoms with van der Waals surface area (Å²) in [6.45, 7) is 4.75. The molecule has 0 saturated carbocycles. The van der Waals surface area contributed by atoms with E-state index in [0.717, 1.165) is 55.0 Å². The quantitative estimate of drug-likeness (QED) is 0.141. The smallest absolute Gasteiger partial charge is 0.266 e. The number of hydrogen-bond acceptors (Lipinski definition) is 11. The molecular formula is C37H43N5O6S4. The van der Waals surface area contributed by atoms with Crippen LogP contribution in [0.25, 0.3) is 12.2 Å². The number of ether oxygens (including phenoxy) is 2. The van der Waals surface area contributed by atoms with Gasteiger partial charge < -0.3 is 19.7 Å². The average Bonchev–Trinajstić information content (AvgIpc) is 3.58. The summed E-state index contributed by atoms with van der Waals surface area (Å²) in [5.74, 6) is 1.24. The Bertz CT molecular complexity index is 1710. The minimum absolute atomic E-state index is 0.0741. The van der Waals surface area contributed by atoms with Gasteiger partial charge in [0.15, 0.2) is 0 Å². The van der Waals surface area contributed by atoms with E-state index < -0.39 is 0 Å². The van der Waals surface area contributed by atoms with Gasteiger partial charge in [0.05, 0.1) is 24.0 Å². The van der Waals surface area contributed by atoms with Gasteiger partial charge in [-0.15, -0.1) is 0 Å². The number of benzene rings is 2. The first-order chi connectivity index (χ1) is 25.1. The number of methoxy groups -OCH3 is 2. The highest BCUT2D eigenvalue weighted by Gasteiger charge is 2.33. The largest absolute Gasteiger partial charge is 0.497 e. The predicted octanol–water partition coefficient (Wildman–Crippen LogP) is 5.02. The average molecular weight is 782 g/mol. The number of carbonyl (C=O) groups is 4. The summed E-state index contributed by atoms with van der Waals surface area (Å²) in [5.41, 5.74) is 1.78. The van der Waals surface area contributed by atoms with Gasteiger partial charge in [-0.05, 0) is 60.4 Å². The number of nitrogens with zero attached hydrogens (tertiary/aromatic N) is 4. The van der Waals surface area contributed by atoms with E-state index in [1.54, 1.807) is 25.2 Å². The van der Waals surface area contributed by atoms with Crippen molar-refractivity contribution in [3.63, 3.8) is 0 Å². The molecule has 5 rings (SSSR count). The van der Waals surface area contributed by atoms with Crippen LogP contribution in [0.3, 0.4) is 0 Å². The Morgan fingerprint density at radius 1 is 0.712 bits per heavy atom. The van der Waals surface area contributed by atoms with E-state index in [1.807, 2.05) is 59.5 Å². The molecule has 11 nitrogen and oxygen atoms in total. The van der Waals surface area contributed by atoms with Crippen LogP contribution >= 0.6 is 48.0 Å². The molecule has 0 aromatic heterocycles. The third kappa shape index (κ3) is 10.9. The van der Waals surface area contributed by atoms with Crippen molar-refractivity contribution in [2.24, 2.45) is 0 Å². The molecule has 52 heavy (non-hydrogen) atoms. The van der Waals surface area contributed by atoms with E-state index in [1.165, 1.54) is 28.4 Å². The molecule has 1 N–H and O–H groups in total. The van der Waals surface area contributed by atoms with Crippen LogP contribution in [0.4, 0.5) is 0 Å². The fourth-order valence-corrected chi connectivity index (χ4v) is 8.46. The van der Waals surface area contributed by atoms with Crippen LogP contribution < -0.4 is 14.8 Å². The number of amides is 4. The van der Waals surface area contributed by atoms with Crippen LogP contribution in [0.2, 0.25) is 0 Å². The molecule has 3 saturated heterocycles. The molecule has 4 amide bonds. The fraction of sp³-hybridized carbons (Fsp3) is 0.405. The number of unbranched alkanes of at least 4 members (excludes halogenated alkanes) is 2. The lowest BCUT2D eigenvalue weighted by molar-refractivity contribution is -0.133. The summed E-state index contributed by atoms with van der Waals surface area (Å²) in [6.07, 6.45) is 6.65. The van der Waals surface area contributed by atoms with E-state index in [9.17, 15) is 19.2 Å². The van der Waals surface area contributed by atoms with Crippen LogP contribution in [-0.2, 0) is 19.2 Å². The summed E-state index contributed by atoms with van der Waals surface area (Å²) in [6, 6.07) is 14.9. The molecule has 3 aliphatic heterocycles. The monoisotopic (exact) mass is 781 g/mol. The van der Waals surface area contributed by atoms with Crippen molar-refractivity contribution in [2.75, 3.05) is 66.6 Å². The van der Waals surface area contributed by atoms with Gasteiger partial charge in [-0.3, -0.25) is 33.9 Å². The van der Waals surface area contributed by atoms with Crippen molar-refractivity contribution >= 4 is 92.4 Å². The van der Waals surface area contributed by atoms with E-state index >= 15 is 0 Å². The summed E-state index contributed by atoms with van der Waals surface area (Å²) in [4.78, 5) is 59.7. The predicted molar refractivity (Wildman–Crippen MR) is 215 cm³/mol. The molecule has 0 bridgehead atoms. The van der Waals surface area contributed by atoms with Crippen molar-refractivity contribution in [3.8, 4) is 11.5 Å². The van der Waals surface area contributed by atoms with Crippen molar-refractivity contribution in [1.82, 2.24) is 24.9 Å². The molecule has 276 valence electrons. The molecule has 0 radical (unpaired) electrons. The zero-order valence-corrected chi connectivity index (χ0v) is 32.6. The van der Waals surface area contributed by atoms with Gasteiger partial charge >= 0.3 is 0 Å². The van der Waals surface area contributed by atoms with Gasteiger partial charge in [0.25, 0.3) is 11.8 Å². The molecule has 0 spiro atoms. The summed E-state index contributed by atoms with van der Waals surface area (Å²) in [5, 5.41) is 2.95. The SMILES string of the molecule is COc1ccc(/C=C2\SC(=S)N(CCCCCC(=O)N3CCN(CCNC(=O)CCN4C(=O)/C(=C\c5ccc(OC)cc5)SC4=S)CC3)C2=O)cc1. The zero-order chi connectivity index (χ0) is 37.0. The standard InChI is InChI=1S/C37H43N5O6S4/c1-47-28-11-7-26(8-12-28)24-30-34(45)41(36(49)51-30)17-5-3-4-6-33(44)40-22-20-39(21-23-40)19-16-38-32(43)15-18-42-35(46)31(52-37(42)50)25-27-9-13-29(48-2)14-10-27/h7-14,24-25H,3-6,15-23H2,1-2H3,(H,38,43)/b30-24-,31-25+. The lowest BCUT2D eigenvalue weighted by Crippen LogP contribution is -2.50. The Morgan fingerprint density at radius 3 is 1.75 bits per heavy atom. The number of hydrogen-bond donors (Lipinski definition) is 1. The number of piperazine rings is 1. The molecule has 2 aromatic rings. The second-order valence-corrected chi connectivity index (χ2v) is 15.7. The van der Waals surface area contributed by atoms with Crippen LogP contribution in [0.5, 0.6) is 11.5 Å². The van der Waals surface area contributed by atoms with E-state index in [-0.39, 0.29) is 36.6 Å². The van der Waals surface area contributed by atoms with Crippen LogP contribution in [0, 0.1) is 0 Å². The minimum atomic E-state index is -0.193. The second-order valence-electron chi connectivity index (χ2n) is 12.3. The number of nitrogens with one attached hydrogen (secondary N) is 1. The maximum atomic E-state index is 12.9. The van der Waals surface area contributed by atoms with E-state index in [0.29, 0.717) is 57.6 Å². The van der Waals surface area contributed by atoms with Crippen molar-refractivity contribution in [2.45, 2.75) is 32.1 Å². The molecule has 0 atom stereocenters. The van der Waals surface area contributed by atoms with E-state index in [2.05, 4.69) is 10.2 Å². The molecule has 3 fully saturated rings. The molecule has 15 heteroatoms. The van der Waals surface area contributed by atoms with Crippen LogP contribution in [-0.4, -0.2) is 118 Å². The van der Waals surface area contributed by atoms with Gasteiger partial charge in [-0.2, -0.15) is 0 Å². The highest BCUT2D eigenvalue weighted by atomic mass is 32.2. The zero-order valence-electron chi connectivity index (χ0n) is 29.3. The molecular weight excluding hydrogens is 739 g/mol. The number of rotatable bonds is 16. The van der Waals surface area contributed by atoms with Gasteiger partial charge in [0.2, 0.25) is 11.8 Å². The fourth-order valence-electron chi connectivity index (χ4n) is 5.85. The normalized spacial score (nSPS) is 18.2. The summed E-state index contributed by atoms with van der Waals surface area (Å²) >= 11 is 13.4. The lowest BCUT2D eigenvalue weighted by atomic mass is 10.1. The Kier molecular flexibility index (Phi) is 14.7. The Morgan fingerprint density at radius 2 is 1.23 bits per heavy atom. The topological polar surface area (TPSA) is 112 Å². The van der Waals surface area contributed by atoms with Gasteiger partial charge in [0.1, 0.15) is 20.1 Å². The third-order valence-corrected chi connectivity index (χ3v) is 11.6. The van der Waals surface area contributed by atoms with Gasteiger partial charge in [-0.1, -0.05) is 78.6 Å². The number of thioether (sulfide) groups is 2. The maximum absolute atomic E-state index is 12.9. The highest BCUT2D eigenvalue weighted by molar-refractivity contribution is 8.27. The van der Waals surface area contributed by atoms with E-state index in [4.69, 9.17) is 33.9 Å². The maximum Gasteiger partial charge on any atom is 0.266 e. The number of carbonyl (C=O) groups excluding carboxylic acids is 4.